The monoisotopic (exact) mass is 283 g/mol. The van der Waals surface area contributed by atoms with E-state index >= 15 is 0 Å². The zero-order chi connectivity index (χ0) is 14.7. The minimum atomic E-state index is -0.0224. The van der Waals surface area contributed by atoms with Crippen molar-refractivity contribution in [2.75, 3.05) is 24.6 Å². The zero-order valence-corrected chi connectivity index (χ0v) is 11.9. The minimum Gasteiger partial charge on any atom is -0.370 e. The maximum atomic E-state index is 9.22. The first kappa shape index (κ1) is 13.6. The van der Waals surface area contributed by atoms with Gasteiger partial charge < -0.3 is 9.64 Å². The standard InChI is InChI=1S/C15H17N5O/c1-2-20-10-13(8-18-20)15-11-19(5-6-21-15)14-9-17-4-3-12(14)7-16/h3-4,8-10,15H,2,5-6,11H2,1H3. The second-order valence-corrected chi connectivity index (χ2v) is 4.94. The summed E-state index contributed by atoms with van der Waals surface area (Å²) in [6.45, 7) is 4.99. The highest BCUT2D eigenvalue weighted by Crippen LogP contribution is 2.27. The lowest BCUT2D eigenvalue weighted by Gasteiger charge is -2.34. The van der Waals surface area contributed by atoms with Gasteiger partial charge in [-0.1, -0.05) is 0 Å². The van der Waals surface area contributed by atoms with Crippen molar-refractivity contribution in [2.24, 2.45) is 0 Å². The summed E-state index contributed by atoms with van der Waals surface area (Å²) in [4.78, 5) is 6.29. The van der Waals surface area contributed by atoms with Crippen LogP contribution in [0.1, 0.15) is 24.2 Å². The Bertz CT molecular complexity index is 660. The van der Waals surface area contributed by atoms with Crippen LogP contribution >= 0.6 is 0 Å². The number of rotatable bonds is 3. The van der Waals surface area contributed by atoms with Gasteiger partial charge in [0.05, 0.1) is 30.3 Å². The summed E-state index contributed by atoms with van der Waals surface area (Å²) in [6, 6.07) is 3.97. The number of anilines is 1. The lowest BCUT2D eigenvalue weighted by atomic mass is 10.1. The normalized spacial score (nSPS) is 18.5. The van der Waals surface area contributed by atoms with Gasteiger partial charge in [-0.05, 0) is 13.0 Å². The van der Waals surface area contributed by atoms with Gasteiger partial charge in [-0.15, -0.1) is 0 Å². The van der Waals surface area contributed by atoms with Crippen molar-refractivity contribution >= 4 is 5.69 Å². The van der Waals surface area contributed by atoms with Crippen molar-refractivity contribution in [2.45, 2.75) is 19.6 Å². The Hall–Kier alpha value is -2.39. The van der Waals surface area contributed by atoms with E-state index in [1.165, 1.54) is 0 Å². The van der Waals surface area contributed by atoms with Crippen molar-refractivity contribution < 1.29 is 4.74 Å². The third-order valence-corrected chi connectivity index (χ3v) is 3.68. The fourth-order valence-electron chi connectivity index (χ4n) is 2.52. The van der Waals surface area contributed by atoms with Gasteiger partial charge in [-0.25, -0.2) is 0 Å². The van der Waals surface area contributed by atoms with Gasteiger partial charge in [0, 0.05) is 37.6 Å². The van der Waals surface area contributed by atoms with E-state index in [1.54, 1.807) is 18.5 Å². The summed E-state index contributed by atoms with van der Waals surface area (Å²) in [6.07, 6.45) is 7.24. The predicted molar refractivity (Wildman–Crippen MR) is 77.8 cm³/mol. The Kier molecular flexibility index (Phi) is 3.84. The van der Waals surface area contributed by atoms with Crippen LogP contribution in [0.5, 0.6) is 0 Å². The molecule has 6 nitrogen and oxygen atoms in total. The average Bonchev–Trinajstić information content (AvgIpc) is 3.04. The van der Waals surface area contributed by atoms with Crippen molar-refractivity contribution in [3.8, 4) is 6.07 Å². The highest BCUT2D eigenvalue weighted by atomic mass is 16.5. The molecule has 2 aromatic heterocycles. The quantitative estimate of drug-likeness (QED) is 0.858. The average molecular weight is 283 g/mol. The summed E-state index contributed by atoms with van der Waals surface area (Å²) in [7, 11) is 0. The Balaban J connectivity index is 1.81. The van der Waals surface area contributed by atoms with Crippen LogP contribution in [0.2, 0.25) is 0 Å². The van der Waals surface area contributed by atoms with Crippen LogP contribution in [0.25, 0.3) is 0 Å². The number of aryl methyl sites for hydroxylation is 1. The van der Waals surface area contributed by atoms with Gasteiger partial charge in [-0.3, -0.25) is 9.67 Å². The van der Waals surface area contributed by atoms with E-state index in [1.807, 2.05) is 17.1 Å². The van der Waals surface area contributed by atoms with Crippen LogP contribution in [0.15, 0.2) is 30.9 Å². The van der Waals surface area contributed by atoms with Crippen molar-refractivity contribution in [1.82, 2.24) is 14.8 Å². The van der Waals surface area contributed by atoms with Crippen LogP contribution in [0, 0.1) is 11.3 Å². The summed E-state index contributed by atoms with van der Waals surface area (Å²) < 4.78 is 7.74. The molecule has 1 fully saturated rings. The molecule has 0 spiro atoms. The van der Waals surface area contributed by atoms with Crippen LogP contribution in [-0.2, 0) is 11.3 Å². The molecular weight excluding hydrogens is 266 g/mol. The molecule has 1 aliphatic rings. The molecule has 3 heterocycles. The second-order valence-electron chi connectivity index (χ2n) is 4.94. The van der Waals surface area contributed by atoms with E-state index in [4.69, 9.17) is 4.74 Å². The van der Waals surface area contributed by atoms with E-state index in [9.17, 15) is 5.26 Å². The number of nitriles is 1. The molecule has 0 aromatic carbocycles. The number of morpholine rings is 1. The number of hydrogen-bond acceptors (Lipinski definition) is 5. The van der Waals surface area contributed by atoms with Crippen LogP contribution < -0.4 is 4.90 Å². The highest BCUT2D eigenvalue weighted by molar-refractivity contribution is 5.57. The zero-order valence-electron chi connectivity index (χ0n) is 11.9. The third-order valence-electron chi connectivity index (χ3n) is 3.68. The first-order valence-electron chi connectivity index (χ1n) is 7.05. The Labute approximate surface area is 123 Å². The Morgan fingerprint density at radius 3 is 3.14 bits per heavy atom. The van der Waals surface area contributed by atoms with Gasteiger partial charge in [0.25, 0.3) is 0 Å². The number of pyridine rings is 1. The summed E-state index contributed by atoms with van der Waals surface area (Å²) in [5.74, 6) is 0. The Morgan fingerprint density at radius 1 is 1.48 bits per heavy atom. The van der Waals surface area contributed by atoms with Gasteiger partial charge in [0.1, 0.15) is 12.2 Å². The van der Waals surface area contributed by atoms with Crippen LogP contribution in [0.3, 0.4) is 0 Å². The van der Waals surface area contributed by atoms with Crippen molar-refractivity contribution in [3.63, 3.8) is 0 Å². The van der Waals surface area contributed by atoms with Gasteiger partial charge >= 0.3 is 0 Å². The van der Waals surface area contributed by atoms with E-state index in [-0.39, 0.29) is 6.10 Å². The number of aromatic nitrogens is 3. The fraction of sp³-hybridized carbons (Fsp3) is 0.400. The Morgan fingerprint density at radius 2 is 2.38 bits per heavy atom. The van der Waals surface area contributed by atoms with Crippen molar-refractivity contribution in [3.05, 3.63) is 42.0 Å². The molecule has 21 heavy (non-hydrogen) atoms. The molecular formula is C15H17N5O. The van der Waals surface area contributed by atoms with Crippen LogP contribution in [-0.4, -0.2) is 34.5 Å². The number of hydrogen-bond donors (Lipinski definition) is 0. The maximum absolute atomic E-state index is 9.22. The first-order chi connectivity index (χ1) is 10.3. The lowest BCUT2D eigenvalue weighted by Crippen LogP contribution is -2.38. The molecule has 0 N–H and O–H groups in total. The topological polar surface area (TPSA) is 67.0 Å². The lowest BCUT2D eigenvalue weighted by molar-refractivity contribution is 0.0397. The molecule has 1 unspecified atom stereocenters. The molecule has 2 aromatic rings. The maximum Gasteiger partial charge on any atom is 0.103 e. The van der Waals surface area contributed by atoms with Crippen molar-refractivity contribution in [1.29, 1.82) is 5.26 Å². The molecule has 0 aliphatic carbocycles. The molecule has 1 saturated heterocycles. The smallest absolute Gasteiger partial charge is 0.103 e. The molecule has 0 saturated carbocycles. The van der Waals surface area contributed by atoms with Crippen LogP contribution in [0.4, 0.5) is 5.69 Å². The van der Waals surface area contributed by atoms with E-state index in [0.717, 1.165) is 24.3 Å². The molecule has 1 aliphatic heterocycles. The molecule has 0 bridgehead atoms. The minimum absolute atomic E-state index is 0.0224. The van der Waals surface area contributed by atoms with Gasteiger partial charge in [0.15, 0.2) is 0 Å². The molecule has 1 atom stereocenters. The molecule has 6 heteroatoms. The second kappa shape index (κ2) is 5.94. The highest BCUT2D eigenvalue weighted by Gasteiger charge is 2.24. The fourth-order valence-corrected chi connectivity index (χ4v) is 2.52. The third kappa shape index (κ3) is 2.73. The predicted octanol–water partition coefficient (Wildman–Crippen LogP) is 1.75. The molecule has 0 amide bonds. The van der Waals surface area contributed by atoms with E-state index in [2.05, 4.69) is 28.0 Å². The van der Waals surface area contributed by atoms with E-state index in [0.29, 0.717) is 18.7 Å². The SMILES string of the molecule is CCn1cc(C2CN(c3cnccc3C#N)CCO2)cn1. The molecule has 3 rings (SSSR count). The number of nitrogens with zero attached hydrogens (tertiary/aromatic N) is 5. The van der Waals surface area contributed by atoms with E-state index < -0.39 is 0 Å². The number of ether oxygens (including phenoxy) is 1. The van der Waals surface area contributed by atoms with Gasteiger partial charge in [-0.2, -0.15) is 10.4 Å². The molecule has 108 valence electrons. The largest absolute Gasteiger partial charge is 0.370 e. The first-order valence-corrected chi connectivity index (χ1v) is 7.05. The summed E-state index contributed by atoms with van der Waals surface area (Å²) in [5, 5.41) is 13.5. The summed E-state index contributed by atoms with van der Waals surface area (Å²) >= 11 is 0. The summed E-state index contributed by atoms with van der Waals surface area (Å²) in [5.41, 5.74) is 2.59. The van der Waals surface area contributed by atoms with Gasteiger partial charge in [0.2, 0.25) is 0 Å². The molecule has 0 radical (unpaired) electrons.